The zero-order valence-corrected chi connectivity index (χ0v) is 12.3. The number of nitrogens with zero attached hydrogens (tertiary/aromatic N) is 1. The first-order valence-corrected chi connectivity index (χ1v) is 6.84. The number of hydrogen-bond acceptors (Lipinski definition) is 2. The van der Waals surface area contributed by atoms with Crippen LogP contribution in [-0.2, 0) is 9.59 Å². The van der Waals surface area contributed by atoms with E-state index in [0.29, 0.717) is 19.4 Å². The van der Waals surface area contributed by atoms with E-state index in [-0.39, 0.29) is 23.8 Å². The fourth-order valence-electron chi connectivity index (χ4n) is 2.29. The zero-order chi connectivity index (χ0) is 14.0. The van der Waals surface area contributed by atoms with E-state index in [2.05, 4.69) is 26.1 Å². The van der Waals surface area contributed by atoms with Crippen LogP contribution in [0.2, 0.25) is 0 Å². The highest BCUT2D eigenvalue weighted by Gasteiger charge is 2.43. The van der Waals surface area contributed by atoms with Gasteiger partial charge in [0.05, 0.1) is 6.54 Å². The van der Waals surface area contributed by atoms with Crippen molar-refractivity contribution in [3.63, 3.8) is 0 Å². The number of hydrogen-bond donors (Lipinski definition) is 1. The van der Waals surface area contributed by atoms with Crippen LogP contribution in [0.5, 0.6) is 0 Å². The van der Waals surface area contributed by atoms with Gasteiger partial charge in [-0.15, -0.1) is 0 Å². The van der Waals surface area contributed by atoms with Gasteiger partial charge >= 0.3 is 0 Å². The van der Waals surface area contributed by atoms with Gasteiger partial charge in [0, 0.05) is 6.54 Å². The van der Waals surface area contributed by atoms with Crippen molar-refractivity contribution in [2.75, 3.05) is 13.1 Å². The van der Waals surface area contributed by atoms with Crippen LogP contribution in [0, 0.1) is 5.41 Å². The minimum absolute atomic E-state index is 0.0350. The molecule has 104 valence electrons. The Balaban J connectivity index is 2.80. The van der Waals surface area contributed by atoms with Crippen molar-refractivity contribution in [2.24, 2.45) is 5.41 Å². The smallest absolute Gasteiger partial charge is 0.248 e. The molecule has 0 bridgehead atoms. The zero-order valence-electron chi connectivity index (χ0n) is 12.3. The van der Waals surface area contributed by atoms with Gasteiger partial charge in [0.2, 0.25) is 11.8 Å². The molecular weight excluding hydrogens is 228 g/mol. The third-order valence-electron chi connectivity index (χ3n) is 3.75. The maximum atomic E-state index is 12.5. The number of amides is 2. The van der Waals surface area contributed by atoms with E-state index in [1.807, 2.05) is 13.8 Å². The van der Waals surface area contributed by atoms with E-state index < -0.39 is 5.54 Å². The molecule has 1 fully saturated rings. The summed E-state index contributed by atoms with van der Waals surface area (Å²) >= 11 is 0. The number of carbonyl (C=O) groups is 2. The Kier molecular flexibility index (Phi) is 4.41. The van der Waals surface area contributed by atoms with Gasteiger partial charge < -0.3 is 10.2 Å². The predicted octanol–water partition coefficient (Wildman–Crippen LogP) is 1.94. The summed E-state index contributed by atoms with van der Waals surface area (Å²) in [6.45, 7) is 11.2. The summed E-state index contributed by atoms with van der Waals surface area (Å²) in [5.41, 5.74) is -0.498. The van der Waals surface area contributed by atoms with Gasteiger partial charge in [-0.3, -0.25) is 9.59 Å². The standard InChI is InChI=1S/C14H26N2O2/c1-6-14(7-2)12(18)16(10-11(17)15-14)9-8-13(3,4)5/h6-10H2,1-5H3,(H,15,17). The normalized spacial score (nSPS) is 19.9. The highest BCUT2D eigenvalue weighted by Crippen LogP contribution is 2.24. The quantitative estimate of drug-likeness (QED) is 0.833. The minimum Gasteiger partial charge on any atom is -0.340 e. The molecule has 2 amide bonds. The molecular formula is C14H26N2O2. The molecule has 1 aliphatic heterocycles. The van der Waals surface area contributed by atoms with Gasteiger partial charge in [-0.1, -0.05) is 34.6 Å². The molecule has 0 radical (unpaired) electrons. The van der Waals surface area contributed by atoms with Crippen molar-refractivity contribution in [2.45, 2.75) is 59.4 Å². The molecule has 1 heterocycles. The number of piperazine rings is 1. The van der Waals surface area contributed by atoms with Crippen molar-refractivity contribution in [1.29, 1.82) is 0 Å². The van der Waals surface area contributed by atoms with E-state index in [1.165, 1.54) is 0 Å². The summed E-state index contributed by atoms with van der Waals surface area (Å²) < 4.78 is 0. The van der Waals surface area contributed by atoms with Crippen LogP contribution in [0.3, 0.4) is 0 Å². The van der Waals surface area contributed by atoms with Crippen LogP contribution in [0.25, 0.3) is 0 Å². The Morgan fingerprint density at radius 2 is 1.78 bits per heavy atom. The molecule has 1 rings (SSSR count). The van der Waals surface area contributed by atoms with Crippen molar-refractivity contribution >= 4 is 11.8 Å². The molecule has 1 saturated heterocycles. The summed E-state index contributed by atoms with van der Waals surface area (Å²) in [7, 11) is 0. The Morgan fingerprint density at radius 1 is 1.22 bits per heavy atom. The maximum absolute atomic E-state index is 12.5. The second kappa shape index (κ2) is 5.29. The third kappa shape index (κ3) is 3.24. The average molecular weight is 254 g/mol. The fourth-order valence-corrected chi connectivity index (χ4v) is 2.29. The van der Waals surface area contributed by atoms with Crippen LogP contribution in [0.4, 0.5) is 0 Å². The van der Waals surface area contributed by atoms with Gasteiger partial charge in [0.1, 0.15) is 5.54 Å². The Bertz CT molecular complexity index is 327. The van der Waals surface area contributed by atoms with Crippen LogP contribution in [0.1, 0.15) is 53.9 Å². The number of rotatable bonds is 4. The van der Waals surface area contributed by atoms with Crippen LogP contribution in [0.15, 0.2) is 0 Å². The molecule has 0 atom stereocenters. The van der Waals surface area contributed by atoms with E-state index in [9.17, 15) is 9.59 Å². The summed E-state index contributed by atoms with van der Waals surface area (Å²) in [6, 6.07) is 0. The SMILES string of the molecule is CCC1(CC)NC(=O)CN(CCC(C)(C)C)C1=O. The average Bonchev–Trinajstić information content (AvgIpc) is 2.29. The second-order valence-electron chi connectivity index (χ2n) is 6.37. The molecule has 0 unspecified atom stereocenters. The lowest BCUT2D eigenvalue weighted by atomic mass is 9.87. The molecule has 1 aliphatic rings. The van der Waals surface area contributed by atoms with E-state index in [0.717, 1.165) is 6.42 Å². The van der Waals surface area contributed by atoms with Gasteiger partial charge in [-0.2, -0.15) is 0 Å². The molecule has 0 aromatic carbocycles. The van der Waals surface area contributed by atoms with Gasteiger partial charge in [0.25, 0.3) is 0 Å². The first-order valence-electron chi connectivity index (χ1n) is 6.84. The molecule has 0 saturated carbocycles. The highest BCUT2D eigenvalue weighted by atomic mass is 16.2. The van der Waals surface area contributed by atoms with Crippen molar-refractivity contribution < 1.29 is 9.59 Å². The van der Waals surface area contributed by atoms with E-state index >= 15 is 0 Å². The fraction of sp³-hybridized carbons (Fsp3) is 0.857. The molecule has 0 spiro atoms. The lowest BCUT2D eigenvalue weighted by Gasteiger charge is -2.41. The van der Waals surface area contributed by atoms with Gasteiger partial charge in [0.15, 0.2) is 0 Å². The minimum atomic E-state index is -0.673. The summed E-state index contributed by atoms with van der Waals surface area (Å²) in [4.78, 5) is 26.0. The second-order valence-corrected chi connectivity index (χ2v) is 6.37. The molecule has 1 N–H and O–H groups in total. The van der Waals surface area contributed by atoms with Crippen LogP contribution >= 0.6 is 0 Å². The highest BCUT2D eigenvalue weighted by molar-refractivity contribution is 5.97. The molecule has 4 heteroatoms. The monoisotopic (exact) mass is 254 g/mol. The van der Waals surface area contributed by atoms with Crippen molar-refractivity contribution in [3.05, 3.63) is 0 Å². The molecule has 4 nitrogen and oxygen atoms in total. The first kappa shape index (κ1) is 15.0. The Labute approximate surface area is 110 Å². The van der Waals surface area contributed by atoms with E-state index in [4.69, 9.17) is 0 Å². The topological polar surface area (TPSA) is 49.4 Å². The van der Waals surface area contributed by atoms with E-state index in [1.54, 1.807) is 4.90 Å². The molecule has 0 aliphatic carbocycles. The Hall–Kier alpha value is -1.06. The summed E-state index contributed by atoms with van der Waals surface area (Å²) in [6.07, 6.45) is 2.22. The number of nitrogens with one attached hydrogen (secondary N) is 1. The predicted molar refractivity (Wildman–Crippen MR) is 72.1 cm³/mol. The largest absolute Gasteiger partial charge is 0.340 e. The van der Waals surface area contributed by atoms with Gasteiger partial charge in [-0.05, 0) is 24.7 Å². The lowest BCUT2D eigenvalue weighted by molar-refractivity contribution is -0.150. The Morgan fingerprint density at radius 3 is 2.22 bits per heavy atom. The van der Waals surface area contributed by atoms with Crippen molar-refractivity contribution in [1.82, 2.24) is 10.2 Å². The van der Waals surface area contributed by atoms with Crippen molar-refractivity contribution in [3.8, 4) is 0 Å². The molecule has 18 heavy (non-hydrogen) atoms. The lowest BCUT2D eigenvalue weighted by Crippen LogP contribution is -2.66. The first-order chi connectivity index (χ1) is 8.24. The summed E-state index contributed by atoms with van der Waals surface area (Å²) in [5.74, 6) is 0.0450. The maximum Gasteiger partial charge on any atom is 0.248 e. The van der Waals surface area contributed by atoms with Crippen LogP contribution in [-0.4, -0.2) is 35.3 Å². The van der Waals surface area contributed by atoms with Crippen LogP contribution < -0.4 is 5.32 Å². The summed E-state index contributed by atoms with van der Waals surface area (Å²) in [5, 5.41) is 2.88. The number of carbonyl (C=O) groups excluding carboxylic acids is 2. The van der Waals surface area contributed by atoms with Gasteiger partial charge in [-0.25, -0.2) is 0 Å². The third-order valence-corrected chi connectivity index (χ3v) is 3.75. The molecule has 0 aromatic heterocycles. The molecule has 0 aromatic rings.